The molecule has 1 fully saturated rings. The fourth-order valence-corrected chi connectivity index (χ4v) is 4.20. The van der Waals surface area contributed by atoms with E-state index in [1.54, 1.807) is 25.3 Å². The summed E-state index contributed by atoms with van der Waals surface area (Å²) in [4.78, 5) is 16.5. The number of benzene rings is 1. The number of hydrogen-bond donors (Lipinski definition) is 1. The van der Waals surface area contributed by atoms with E-state index in [-0.39, 0.29) is 5.97 Å². The summed E-state index contributed by atoms with van der Waals surface area (Å²) in [6.07, 6.45) is 5.35. The highest BCUT2D eigenvalue weighted by molar-refractivity contribution is 7.80. The SMILES string of the molecule is CCOC(=O)c1ccc(NC(=S)N(CCCN2CCC[C@@H](C)C2)Cc2ccco2)cc1. The Balaban J connectivity index is 1.57. The third kappa shape index (κ3) is 7.36. The van der Waals surface area contributed by atoms with E-state index >= 15 is 0 Å². The van der Waals surface area contributed by atoms with Crippen molar-refractivity contribution in [2.24, 2.45) is 5.92 Å². The number of nitrogens with zero attached hydrogens (tertiary/aromatic N) is 2. The van der Waals surface area contributed by atoms with E-state index in [9.17, 15) is 4.79 Å². The third-order valence-corrected chi connectivity index (χ3v) is 5.87. The first-order valence-electron chi connectivity index (χ1n) is 11.1. The van der Waals surface area contributed by atoms with Crippen molar-refractivity contribution in [3.8, 4) is 0 Å². The standard InChI is InChI=1S/C24H33N3O3S/c1-3-29-23(28)20-9-11-21(12-10-20)25-24(31)27(18-22-8-5-16-30-22)15-6-14-26-13-4-7-19(2)17-26/h5,8-12,16,19H,3-4,6-7,13-15,17-18H2,1-2H3,(H,25,31)/t19-/m1/s1. The topological polar surface area (TPSA) is 58.0 Å². The van der Waals surface area contributed by atoms with Gasteiger partial charge in [-0.25, -0.2) is 4.79 Å². The molecule has 2 heterocycles. The van der Waals surface area contributed by atoms with Crippen LogP contribution in [0.4, 0.5) is 5.69 Å². The van der Waals surface area contributed by atoms with Crippen LogP contribution in [0.1, 0.15) is 49.2 Å². The van der Waals surface area contributed by atoms with Crippen LogP contribution in [0, 0.1) is 5.92 Å². The minimum Gasteiger partial charge on any atom is -0.467 e. The summed E-state index contributed by atoms with van der Waals surface area (Å²) in [5.74, 6) is 1.35. The third-order valence-electron chi connectivity index (χ3n) is 5.50. The Morgan fingerprint density at radius 1 is 1.32 bits per heavy atom. The molecule has 1 atom stereocenters. The first-order chi connectivity index (χ1) is 15.0. The van der Waals surface area contributed by atoms with Gasteiger partial charge in [-0.1, -0.05) is 6.92 Å². The van der Waals surface area contributed by atoms with Gasteiger partial charge in [0.25, 0.3) is 0 Å². The van der Waals surface area contributed by atoms with E-state index in [1.165, 1.54) is 25.9 Å². The summed E-state index contributed by atoms with van der Waals surface area (Å²) < 4.78 is 10.6. The highest BCUT2D eigenvalue weighted by Gasteiger charge is 2.17. The van der Waals surface area contributed by atoms with Gasteiger partial charge < -0.3 is 24.3 Å². The summed E-state index contributed by atoms with van der Waals surface area (Å²) in [6.45, 7) is 9.42. The normalized spacial score (nSPS) is 16.6. The molecule has 6 nitrogen and oxygen atoms in total. The number of esters is 1. The predicted octanol–water partition coefficient (Wildman–Crippen LogP) is 4.78. The average Bonchev–Trinajstić information content (AvgIpc) is 3.27. The minimum atomic E-state index is -0.317. The Bertz CT molecular complexity index is 823. The Morgan fingerprint density at radius 3 is 2.81 bits per heavy atom. The Kier molecular flexibility index (Phi) is 8.91. The maximum Gasteiger partial charge on any atom is 0.338 e. The van der Waals surface area contributed by atoms with Gasteiger partial charge in [0, 0.05) is 18.8 Å². The van der Waals surface area contributed by atoms with Crippen molar-refractivity contribution in [2.45, 2.75) is 39.7 Å². The van der Waals surface area contributed by atoms with Gasteiger partial charge in [0.15, 0.2) is 5.11 Å². The number of thiocarbonyl (C=S) groups is 1. The monoisotopic (exact) mass is 443 g/mol. The molecule has 1 aliphatic heterocycles. The lowest BCUT2D eigenvalue weighted by atomic mass is 10.0. The van der Waals surface area contributed by atoms with E-state index in [4.69, 9.17) is 21.4 Å². The summed E-state index contributed by atoms with van der Waals surface area (Å²) in [5, 5.41) is 3.94. The maximum absolute atomic E-state index is 11.8. The zero-order valence-electron chi connectivity index (χ0n) is 18.5. The molecule has 3 rings (SSSR count). The molecule has 0 radical (unpaired) electrons. The van der Waals surface area contributed by atoms with Crippen molar-refractivity contribution in [3.05, 3.63) is 54.0 Å². The lowest BCUT2D eigenvalue weighted by molar-refractivity contribution is 0.0526. The van der Waals surface area contributed by atoms with Gasteiger partial charge in [0.2, 0.25) is 0 Å². The molecule has 0 unspecified atom stereocenters. The highest BCUT2D eigenvalue weighted by atomic mass is 32.1. The summed E-state index contributed by atoms with van der Waals surface area (Å²) in [5.41, 5.74) is 1.37. The maximum atomic E-state index is 11.8. The van der Waals surface area contributed by atoms with Crippen LogP contribution >= 0.6 is 12.2 Å². The van der Waals surface area contributed by atoms with Crippen molar-refractivity contribution < 1.29 is 13.9 Å². The number of piperidine rings is 1. The number of rotatable bonds is 9. The second kappa shape index (κ2) is 11.9. The predicted molar refractivity (Wildman–Crippen MR) is 127 cm³/mol. The molecular formula is C24H33N3O3S. The number of furan rings is 1. The molecule has 31 heavy (non-hydrogen) atoms. The van der Waals surface area contributed by atoms with E-state index < -0.39 is 0 Å². The van der Waals surface area contributed by atoms with E-state index in [0.29, 0.717) is 23.8 Å². The van der Waals surface area contributed by atoms with E-state index in [1.807, 2.05) is 24.3 Å². The second-order valence-electron chi connectivity index (χ2n) is 8.13. The smallest absolute Gasteiger partial charge is 0.338 e. The first-order valence-corrected chi connectivity index (χ1v) is 11.5. The summed E-state index contributed by atoms with van der Waals surface area (Å²) >= 11 is 5.71. The largest absolute Gasteiger partial charge is 0.467 e. The molecule has 1 aromatic heterocycles. The summed E-state index contributed by atoms with van der Waals surface area (Å²) in [7, 11) is 0. The summed E-state index contributed by atoms with van der Waals surface area (Å²) in [6, 6.07) is 11.1. The van der Waals surface area contributed by atoms with Crippen molar-refractivity contribution in [1.29, 1.82) is 0 Å². The van der Waals surface area contributed by atoms with E-state index in [0.717, 1.165) is 36.9 Å². The quantitative estimate of drug-likeness (QED) is 0.442. The average molecular weight is 444 g/mol. The van der Waals surface area contributed by atoms with Gasteiger partial charge in [0.05, 0.1) is 25.0 Å². The molecule has 168 valence electrons. The Labute approximate surface area is 190 Å². The molecule has 0 bridgehead atoms. The van der Waals surface area contributed by atoms with Crippen LogP contribution in [0.15, 0.2) is 47.1 Å². The van der Waals surface area contributed by atoms with Crippen LogP contribution in [0.25, 0.3) is 0 Å². The van der Waals surface area contributed by atoms with Gasteiger partial charge in [-0.05, 0) is 93.8 Å². The van der Waals surface area contributed by atoms with Gasteiger partial charge in [0.1, 0.15) is 5.76 Å². The molecule has 7 heteroatoms. The van der Waals surface area contributed by atoms with Crippen LogP contribution in [0.2, 0.25) is 0 Å². The molecule has 0 spiro atoms. The van der Waals surface area contributed by atoms with Gasteiger partial charge in [-0.15, -0.1) is 0 Å². The number of ether oxygens (including phenoxy) is 1. The van der Waals surface area contributed by atoms with Crippen LogP contribution < -0.4 is 5.32 Å². The molecule has 0 aliphatic carbocycles. The van der Waals surface area contributed by atoms with Crippen molar-refractivity contribution in [3.63, 3.8) is 0 Å². The molecule has 1 N–H and O–H groups in total. The molecular weight excluding hydrogens is 410 g/mol. The second-order valence-corrected chi connectivity index (χ2v) is 8.52. The first kappa shape index (κ1) is 23.3. The number of nitrogens with one attached hydrogen (secondary N) is 1. The number of anilines is 1. The Morgan fingerprint density at radius 2 is 2.13 bits per heavy atom. The van der Waals surface area contributed by atoms with Gasteiger partial charge in [-0.2, -0.15) is 0 Å². The zero-order valence-corrected chi connectivity index (χ0v) is 19.3. The molecule has 1 aliphatic rings. The number of carbonyl (C=O) groups excluding carboxylic acids is 1. The fourth-order valence-electron chi connectivity index (χ4n) is 3.92. The molecule has 1 aromatic carbocycles. The van der Waals surface area contributed by atoms with Crippen molar-refractivity contribution >= 4 is 29.0 Å². The number of carbonyl (C=O) groups is 1. The van der Waals surface area contributed by atoms with Gasteiger partial charge >= 0.3 is 5.97 Å². The minimum absolute atomic E-state index is 0.317. The van der Waals surface area contributed by atoms with Crippen LogP contribution in [-0.2, 0) is 11.3 Å². The molecule has 0 saturated carbocycles. The zero-order chi connectivity index (χ0) is 22.1. The van der Waals surface area contributed by atoms with E-state index in [2.05, 4.69) is 22.0 Å². The van der Waals surface area contributed by atoms with Crippen LogP contribution in [0.3, 0.4) is 0 Å². The highest BCUT2D eigenvalue weighted by Crippen LogP contribution is 2.17. The van der Waals surface area contributed by atoms with Crippen molar-refractivity contribution in [1.82, 2.24) is 9.80 Å². The molecule has 1 saturated heterocycles. The van der Waals surface area contributed by atoms with Gasteiger partial charge in [-0.3, -0.25) is 0 Å². The molecule has 2 aromatic rings. The van der Waals surface area contributed by atoms with Crippen LogP contribution in [-0.4, -0.2) is 53.7 Å². The lowest BCUT2D eigenvalue weighted by Gasteiger charge is -2.32. The Hall–Kier alpha value is -2.38. The molecule has 0 amide bonds. The lowest BCUT2D eigenvalue weighted by Crippen LogP contribution is -2.39. The van der Waals surface area contributed by atoms with Crippen molar-refractivity contribution in [2.75, 3.05) is 38.1 Å². The van der Waals surface area contributed by atoms with Crippen LogP contribution in [0.5, 0.6) is 0 Å². The number of hydrogen-bond acceptors (Lipinski definition) is 5. The fraction of sp³-hybridized carbons (Fsp3) is 0.500. The number of likely N-dealkylation sites (tertiary alicyclic amines) is 1.